The number of benzene rings is 1. The maximum Gasteiger partial charge on any atom is 0.328 e. The Morgan fingerprint density at radius 3 is 2.36 bits per heavy atom. The van der Waals surface area contributed by atoms with Gasteiger partial charge in [-0.25, -0.2) is 10.3 Å². The fourth-order valence-corrected chi connectivity index (χ4v) is 5.19. The van der Waals surface area contributed by atoms with Crippen LogP contribution in [0.5, 0.6) is 0 Å². The van der Waals surface area contributed by atoms with Gasteiger partial charge in [0.25, 0.3) is 0 Å². The van der Waals surface area contributed by atoms with Crippen molar-refractivity contribution in [2.75, 3.05) is 5.32 Å². The quantitative estimate of drug-likeness (QED) is 0.104. The fraction of sp³-hybridized carbons (Fsp3) is 0.655. The molecule has 0 saturated heterocycles. The van der Waals surface area contributed by atoms with Gasteiger partial charge in [-0.05, 0) is 80.5 Å². The molecule has 1 aliphatic carbocycles. The summed E-state index contributed by atoms with van der Waals surface area (Å²) in [6.45, 7) is 4.53. The summed E-state index contributed by atoms with van der Waals surface area (Å²) in [7, 11) is 0. The van der Waals surface area contributed by atoms with Crippen LogP contribution in [0.2, 0.25) is 0 Å². The molecule has 3 rings (SSSR count). The molecule has 3 amide bonds. The van der Waals surface area contributed by atoms with E-state index in [1.807, 2.05) is 32.0 Å². The van der Waals surface area contributed by atoms with E-state index in [1.54, 1.807) is 5.48 Å². The predicted molar refractivity (Wildman–Crippen MR) is 147 cm³/mol. The van der Waals surface area contributed by atoms with E-state index >= 15 is 0 Å². The normalized spacial score (nSPS) is 17.8. The van der Waals surface area contributed by atoms with Crippen LogP contribution >= 0.6 is 0 Å². The predicted octanol–water partition coefficient (Wildman–Crippen LogP) is 3.50. The van der Waals surface area contributed by atoms with Gasteiger partial charge in [0.1, 0.15) is 12.1 Å². The standard InChI is InChI=1S/C29H44N4O6/c1-19(2)15-25(29(37)39-23-9-7-8-10-23)32-28(36)24-17-20-13-14-22(16-21(20)18-30-24)31-26(34)11-5-3-4-6-12-27(35)33-38/h13-14,16,19,23-25,30,38H,3-12,15,17-18H2,1-2H3,(H,31,34)(H,32,36)(H,33,35). The average molecular weight is 545 g/mol. The number of hydrogen-bond donors (Lipinski definition) is 5. The summed E-state index contributed by atoms with van der Waals surface area (Å²) in [5.41, 5.74) is 4.39. The largest absolute Gasteiger partial charge is 0.461 e. The van der Waals surface area contributed by atoms with E-state index in [-0.39, 0.29) is 36.2 Å². The first-order chi connectivity index (χ1) is 18.7. The third kappa shape index (κ3) is 10.3. The Labute approximate surface area is 231 Å². The Bertz CT molecular complexity index is 992. The molecule has 0 radical (unpaired) electrons. The maximum atomic E-state index is 13.1. The van der Waals surface area contributed by atoms with E-state index in [9.17, 15) is 19.2 Å². The Kier molecular flexibility index (Phi) is 12.2. The van der Waals surface area contributed by atoms with Crippen LogP contribution in [0.15, 0.2) is 18.2 Å². The van der Waals surface area contributed by atoms with Crippen molar-refractivity contribution in [2.24, 2.45) is 5.92 Å². The molecule has 0 aromatic heterocycles. The van der Waals surface area contributed by atoms with Gasteiger partial charge in [0.15, 0.2) is 0 Å². The summed E-state index contributed by atoms with van der Waals surface area (Å²) < 4.78 is 5.69. The highest BCUT2D eigenvalue weighted by atomic mass is 16.5. The third-order valence-electron chi connectivity index (χ3n) is 7.34. The van der Waals surface area contributed by atoms with Gasteiger partial charge in [0.2, 0.25) is 17.7 Å². The number of amides is 3. The minimum Gasteiger partial charge on any atom is -0.461 e. The van der Waals surface area contributed by atoms with Crippen LogP contribution in [-0.2, 0) is 36.9 Å². The van der Waals surface area contributed by atoms with Crippen LogP contribution in [0.25, 0.3) is 0 Å². The molecule has 1 aliphatic heterocycles. The van der Waals surface area contributed by atoms with Crippen LogP contribution in [0.4, 0.5) is 5.69 Å². The van der Waals surface area contributed by atoms with Crippen molar-refractivity contribution in [3.63, 3.8) is 0 Å². The molecule has 2 aliphatic rings. The van der Waals surface area contributed by atoms with E-state index in [0.717, 1.165) is 61.8 Å². The van der Waals surface area contributed by atoms with Crippen LogP contribution in [-0.4, -0.2) is 47.1 Å². The monoisotopic (exact) mass is 544 g/mol. The number of rotatable bonds is 14. The number of hydroxylamine groups is 1. The maximum absolute atomic E-state index is 13.1. The van der Waals surface area contributed by atoms with Crippen molar-refractivity contribution >= 4 is 29.4 Å². The van der Waals surface area contributed by atoms with Crippen LogP contribution in [0, 0.1) is 5.92 Å². The van der Waals surface area contributed by atoms with Crippen molar-refractivity contribution in [3.8, 4) is 0 Å². The molecule has 0 spiro atoms. The number of fused-ring (bicyclic) bond motifs is 1. The second kappa shape index (κ2) is 15.6. The summed E-state index contributed by atoms with van der Waals surface area (Å²) in [5, 5.41) is 17.6. The highest BCUT2D eigenvalue weighted by Gasteiger charge is 2.31. The Morgan fingerprint density at radius 2 is 1.69 bits per heavy atom. The van der Waals surface area contributed by atoms with Crippen molar-refractivity contribution < 1.29 is 29.1 Å². The Balaban J connectivity index is 1.45. The number of anilines is 1. The molecule has 10 nitrogen and oxygen atoms in total. The number of carbonyl (C=O) groups excluding carboxylic acids is 4. The van der Waals surface area contributed by atoms with Crippen LogP contribution in [0.3, 0.4) is 0 Å². The molecule has 0 bridgehead atoms. The van der Waals surface area contributed by atoms with E-state index in [0.29, 0.717) is 32.2 Å². The first-order valence-electron chi connectivity index (χ1n) is 14.3. The van der Waals surface area contributed by atoms with Gasteiger partial charge < -0.3 is 20.7 Å². The highest BCUT2D eigenvalue weighted by Crippen LogP contribution is 2.24. The fourth-order valence-electron chi connectivity index (χ4n) is 5.19. The molecule has 2 unspecified atom stereocenters. The third-order valence-corrected chi connectivity index (χ3v) is 7.34. The van der Waals surface area contributed by atoms with Gasteiger partial charge in [0.05, 0.1) is 6.04 Å². The molecule has 1 heterocycles. The second-order valence-corrected chi connectivity index (χ2v) is 11.2. The lowest BCUT2D eigenvalue weighted by Crippen LogP contribution is -2.53. The molecular formula is C29H44N4O6. The molecule has 2 atom stereocenters. The molecule has 10 heteroatoms. The van der Waals surface area contributed by atoms with Crippen LogP contribution in [0.1, 0.15) is 95.6 Å². The molecule has 39 heavy (non-hydrogen) atoms. The molecule has 1 aromatic carbocycles. The minimum absolute atomic E-state index is 0.0365. The summed E-state index contributed by atoms with van der Waals surface area (Å²) in [6, 6.07) is 4.63. The lowest BCUT2D eigenvalue weighted by atomic mass is 9.94. The number of nitrogens with one attached hydrogen (secondary N) is 4. The highest BCUT2D eigenvalue weighted by molar-refractivity contribution is 5.91. The lowest BCUT2D eigenvalue weighted by Gasteiger charge is -2.28. The average Bonchev–Trinajstić information content (AvgIpc) is 3.42. The first-order valence-corrected chi connectivity index (χ1v) is 14.3. The lowest BCUT2D eigenvalue weighted by molar-refractivity contribution is -0.153. The molecular weight excluding hydrogens is 500 g/mol. The SMILES string of the molecule is CC(C)CC(NC(=O)C1Cc2ccc(NC(=O)CCCCCCC(=O)NO)cc2CN1)C(=O)OC1CCCC1. The number of unbranched alkanes of at least 4 members (excludes halogenated alkanes) is 3. The van der Waals surface area contributed by atoms with Gasteiger partial charge in [-0.1, -0.05) is 32.8 Å². The van der Waals surface area contributed by atoms with Crippen LogP contribution < -0.4 is 21.4 Å². The molecule has 1 saturated carbocycles. The zero-order valence-electron chi connectivity index (χ0n) is 23.2. The van der Waals surface area contributed by atoms with Gasteiger partial charge in [0, 0.05) is 25.1 Å². The van der Waals surface area contributed by atoms with Gasteiger partial charge in [-0.15, -0.1) is 0 Å². The Morgan fingerprint density at radius 1 is 1.00 bits per heavy atom. The number of hydrogen-bond acceptors (Lipinski definition) is 7. The second-order valence-electron chi connectivity index (χ2n) is 11.2. The van der Waals surface area contributed by atoms with E-state index < -0.39 is 18.0 Å². The first kappa shape index (κ1) is 30.6. The summed E-state index contributed by atoms with van der Waals surface area (Å²) in [4.78, 5) is 49.2. The van der Waals surface area contributed by atoms with Gasteiger partial charge in [-0.2, -0.15) is 0 Å². The van der Waals surface area contributed by atoms with Crippen molar-refractivity contribution in [2.45, 2.75) is 116 Å². The van der Waals surface area contributed by atoms with Crippen molar-refractivity contribution in [1.82, 2.24) is 16.1 Å². The van der Waals surface area contributed by atoms with Gasteiger partial charge in [-0.3, -0.25) is 19.6 Å². The topological polar surface area (TPSA) is 146 Å². The summed E-state index contributed by atoms with van der Waals surface area (Å²) in [5.74, 6) is -0.764. The molecule has 5 N–H and O–H groups in total. The van der Waals surface area contributed by atoms with Gasteiger partial charge >= 0.3 is 5.97 Å². The summed E-state index contributed by atoms with van der Waals surface area (Å²) in [6.07, 6.45) is 8.65. The van der Waals surface area contributed by atoms with Crippen molar-refractivity contribution in [3.05, 3.63) is 29.3 Å². The number of ether oxygens (including phenoxy) is 1. The number of carbonyl (C=O) groups is 4. The molecule has 1 fully saturated rings. The summed E-state index contributed by atoms with van der Waals surface area (Å²) >= 11 is 0. The van der Waals surface area contributed by atoms with E-state index in [4.69, 9.17) is 9.94 Å². The smallest absolute Gasteiger partial charge is 0.328 e. The van der Waals surface area contributed by atoms with E-state index in [1.165, 1.54) is 0 Å². The Hall–Kier alpha value is -2.98. The zero-order valence-corrected chi connectivity index (χ0v) is 23.2. The minimum atomic E-state index is -0.654. The molecule has 1 aromatic rings. The number of esters is 1. The van der Waals surface area contributed by atoms with E-state index in [2.05, 4.69) is 16.0 Å². The molecule has 216 valence electrons. The van der Waals surface area contributed by atoms with Crippen molar-refractivity contribution in [1.29, 1.82) is 0 Å². The zero-order chi connectivity index (χ0) is 28.2.